The lowest BCUT2D eigenvalue weighted by molar-refractivity contribution is -0.118. The number of benzene rings is 3. The van der Waals surface area contributed by atoms with Crippen molar-refractivity contribution in [2.45, 2.75) is 12.1 Å². The lowest BCUT2D eigenvalue weighted by Gasteiger charge is -2.13. The lowest BCUT2D eigenvalue weighted by atomic mass is 10.2. The molecule has 3 aromatic carbocycles. The predicted molar refractivity (Wildman–Crippen MR) is 141 cm³/mol. The van der Waals surface area contributed by atoms with Crippen molar-refractivity contribution >= 4 is 50.7 Å². The average Bonchev–Trinajstić information content (AvgIpc) is 2.86. The number of fused-ring (bicyclic) bond motifs is 1. The van der Waals surface area contributed by atoms with Crippen LogP contribution in [0.15, 0.2) is 86.3 Å². The molecule has 0 spiro atoms. The summed E-state index contributed by atoms with van der Waals surface area (Å²) in [6.07, 6.45) is 1.35. The van der Waals surface area contributed by atoms with Gasteiger partial charge in [0.15, 0.2) is 5.16 Å². The summed E-state index contributed by atoms with van der Waals surface area (Å²) in [5.74, 6) is 0.326. The van der Waals surface area contributed by atoms with Gasteiger partial charge in [-0.05, 0) is 61.5 Å². The van der Waals surface area contributed by atoms with Crippen LogP contribution >= 0.6 is 27.7 Å². The SMILES string of the molecule is CCOc1ccc(-n2c(SCC(=O)NN=Cc3cc(Br)ccc3O)nc3ccccc3c2=O)cc1. The maximum absolute atomic E-state index is 13.3. The number of halogens is 1. The zero-order valence-electron chi connectivity index (χ0n) is 18.6. The van der Waals surface area contributed by atoms with Crippen molar-refractivity contribution < 1.29 is 14.6 Å². The van der Waals surface area contributed by atoms with Crippen LogP contribution in [0.3, 0.4) is 0 Å². The molecule has 8 nitrogen and oxygen atoms in total. The van der Waals surface area contributed by atoms with E-state index >= 15 is 0 Å². The first-order valence-electron chi connectivity index (χ1n) is 10.6. The first-order chi connectivity index (χ1) is 17.0. The normalized spacial score (nSPS) is 11.1. The van der Waals surface area contributed by atoms with Crippen molar-refractivity contribution in [2.75, 3.05) is 12.4 Å². The second-order valence-corrected chi connectivity index (χ2v) is 9.12. The van der Waals surface area contributed by atoms with E-state index in [1.54, 1.807) is 54.6 Å². The van der Waals surface area contributed by atoms with Crippen LogP contribution in [0.1, 0.15) is 12.5 Å². The van der Waals surface area contributed by atoms with Crippen LogP contribution in [0.2, 0.25) is 0 Å². The molecule has 4 aromatic rings. The van der Waals surface area contributed by atoms with Crippen LogP contribution in [0.5, 0.6) is 11.5 Å². The molecule has 10 heteroatoms. The Labute approximate surface area is 213 Å². The minimum atomic E-state index is -0.388. The molecule has 0 aliphatic rings. The maximum atomic E-state index is 13.3. The molecule has 35 heavy (non-hydrogen) atoms. The Morgan fingerprint density at radius 2 is 1.97 bits per heavy atom. The van der Waals surface area contributed by atoms with Crippen LogP contribution in [0.25, 0.3) is 16.6 Å². The van der Waals surface area contributed by atoms with Crippen LogP contribution in [-0.4, -0.2) is 39.1 Å². The number of aromatic hydroxyl groups is 1. The number of hydrogen-bond acceptors (Lipinski definition) is 7. The number of aromatic nitrogens is 2. The van der Waals surface area contributed by atoms with Crippen LogP contribution in [0, 0.1) is 0 Å². The average molecular weight is 553 g/mol. The second-order valence-electron chi connectivity index (χ2n) is 7.26. The molecule has 0 fully saturated rings. The zero-order valence-corrected chi connectivity index (χ0v) is 21.0. The number of carbonyl (C=O) groups is 1. The molecule has 0 radical (unpaired) electrons. The third-order valence-electron chi connectivity index (χ3n) is 4.87. The van der Waals surface area contributed by atoms with Crippen molar-refractivity contribution in [1.82, 2.24) is 15.0 Å². The fourth-order valence-corrected chi connectivity index (χ4v) is 4.44. The minimum Gasteiger partial charge on any atom is -0.507 e. The Kier molecular flexibility index (Phi) is 7.84. The van der Waals surface area contributed by atoms with E-state index in [-0.39, 0.29) is 23.0 Å². The fraction of sp³-hybridized carbons (Fsp3) is 0.120. The molecule has 1 aromatic heterocycles. The second kappa shape index (κ2) is 11.2. The number of phenols is 1. The van der Waals surface area contributed by atoms with E-state index in [9.17, 15) is 14.7 Å². The van der Waals surface area contributed by atoms with Gasteiger partial charge < -0.3 is 9.84 Å². The van der Waals surface area contributed by atoms with Gasteiger partial charge in [0, 0.05) is 10.0 Å². The molecule has 0 saturated carbocycles. The van der Waals surface area contributed by atoms with E-state index in [0.29, 0.717) is 39.7 Å². The number of amides is 1. The fourth-order valence-electron chi connectivity index (χ4n) is 3.26. The Balaban J connectivity index is 1.56. The monoisotopic (exact) mass is 552 g/mol. The number of rotatable bonds is 8. The summed E-state index contributed by atoms with van der Waals surface area (Å²) in [4.78, 5) is 30.4. The number of thioether (sulfide) groups is 1. The quantitative estimate of drug-likeness (QED) is 0.144. The van der Waals surface area contributed by atoms with Crippen molar-refractivity contribution in [1.29, 1.82) is 0 Å². The topological polar surface area (TPSA) is 106 Å². The molecule has 0 bridgehead atoms. The van der Waals surface area contributed by atoms with Gasteiger partial charge in [-0.1, -0.05) is 39.8 Å². The van der Waals surface area contributed by atoms with Crippen molar-refractivity contribution in [3.8, 4) is 17.2 Å². The summed E-state index contributed by atoms with van der Waals surface area (Å²) >= 11 is 4.45. The van der Waals surface area contributed by atoms with Crippen molar-refractivity contribution in [3.63, 3.8) is 0 Å². The molecule has 178 valence electrons. The molecule has 0 atom stereocenters. The van der Waals surface area contributed by atoms with Gasteiger partial charge in [0.1, 0.15) is 11.5 Å². The Morgan fingerprint density at radius 1 is 1.20 bits per heavy atom. The maximum Gasteiger partial charge on any atom is 0.266 e. The number of nitrogens with one attached hydrogen (secondary N) is 1. The summed E-state index contributed by atoms with van der Waals surface area (Å²) in [6.45, 7) is 2.44. The van der Waals surface area contributed by atoms with Crippen LogP contribution < -0.4 is 15.7 Å². The van der Waals surface area contributed by atoms with Gasteiger partial charge in [-0.2, -0.15) is 5.10 Å². The Morgan fingerprint density at radius 3 is 2.74 bits per heavy atom. The molecule has 2 N–H and O–H groups in total. The van der Waals surface area contributed by atoms with Gasteiger partial charge in [0.05, 0.1) is 35.2 Å². The smallest absolute Gasteiger partial charge is 0.266 e. The summed E-state index contributed by atoms with van der Waals surface area (Å²) < 4.78 is 7.75. The lowest BCUT2D eigenvalue weighted by Crippen LogP contribution is -2.24. The Hall–Kier alpha value is -3.63. The Bertz CT molecular complexity index is 1450. The molecule has 0 aliphatic carbocycles. The highest BCUT2D eigenvalue weighted by molar-refractivity contribution is 9.10. The van der Waals surface area contributed by atoms with Gasteiger partial charge in [-0.25, -0.2) is 10.4 Å². The third-order valence-corrected chi connectivity index (χ3v) is 6.30. The van der Waals surface area contributed by atoms with Gasteiger partial charge in [0.2, 0.25) is 0 Å². The number of para-hydroxylation sites is 1. The predicted octanol–water partition coefficient (Wildman–Crippen LogP) is 4.49. The van der Waals surface area contributed by atoms with Gasteiger partial charge in [-0.15, -0.1) is 0 Å². The largest absolute Gasteiger partial charge is 0.507 e. The van der Waals surface area contributed by atoms with E-state index in [2.05, 4.69) is 31.4 Å². The molecule has 1 heterocycles. The molecular weight excluding hydrogens is 532 g/mol. The molecule has 1 amide bonds. The van der Waals surface area contributed by atoms with Crippen molar-refractivity contribution in [2.24, 2.45) is 5.10 Å². The first kappa shape index (κ1) is 24.5. The number of phenolic OH excluding ortho intramolecular Hbond substituents is 1. The number of hydrazone groups is 1. The standard InChI is InChI=1S/C25H21BrN4O4S/c1-2-34-19-10-8-18(9-11-19)30-24(33)20-5-3-4-6-21(20)28-25(30)35-15-23(32)29-27-14-16-13-17(26)7-12-22(16)31/h3-14,31H,2,15H2,1H3,(H,29,32). The highest BCUT2D eigenvalue weighted by atomic mass is 79.9. The van der Waals surface area contributed by atoms with E-state index in [1.807, 2.05) is 13.0 Å². The molecule has 4 rings (SSSR count). The molecular formula is C25H21BrN4O4S. The van der Waals surface area contributed by atoms with E-state index in [1.165, 1.54) is 16.8 Å². The molecule has 0 aliphatic heterocycles. The summed E-state index contributed by atoms with van der Waals surface area (Å²) in [5, 5.41) is 14.6. The van der Waals surface area contributed by atoms with E-state index < -0.39 is 0 Å². The first-order valence-corrected chi connectivity index (χ1v) is 12.4. The highest BCUT2D eigenvalue weighted by Crippen LogP contribution is 2.23. The van der Waals surface area contributed by atoms with Gasteiger partial charge in [-0.3, -0.25) is 14.2 Å². The molecule has 0 unspecified atom stereocenters. The van der Waals surface area contributed by atoms with Gasteiger partial charge in [0.25, 0.3) is 11.5 Å². The summed E-state index contributed by atoms with van der Waals surface area (Å²) in [7, 11) is 0. The highest BCUT2D eigenvalue weighted by Gasteiger charge is 2.15. The number of nitrogens with zero attached hydrogens (tertiary/aromatic N) is 3. The van der Waals surface area contributed by atoms with Gasteiger partial charge >= 0.3 is 0 Å². The summed E-state index contributed by atoms with van der Waals surface area (Å²) in [5.41, 5.74) is 3.81. The number of hydrogen-bond donors (Lipinski definition) is 2. The van der Waals surface area contributed by atoms with E-state index in [0.717, 1.165) is 16.2 Å². The zero-order chi connectivity index (χ0) is 24.8. The number of ether oxygens (including phenoxy) is 1. The van der Waals surface area contributed by atoms with Crippen LogP contribution in [0.4, 0.5) is 0 Å². The van der Waals surface area contributed by atoms with E-state index in [4.69, 9.17) is 4.74 Å². The minimum absolute atomic E-state index is 0.0242. The van der Waals surface area contributed by atoms with Crippen LogP contribution in [-0.2, 0) is 4.79 Å². The molecule has 0 saturated heterocycles. The number of carbonyl (C=O) groups excluding carboxylic acids is 1. The van der Waals surface area contributed by atoms with Crippen molar-refractivity contribution in [3.05, 3.63) is 87.1 Å². The summed E-state index contributed by atoms with van der Waals surface area (Å²) in [6, 6.07) is 19.1. The third kappa shape index (κ3) is 5.90.